The van der Waals surface area contributed by atoms with Crippen LogP contribution in [0.15, 0.2) is 15.9 Å². The molecule has 0 aliphatic carbocycles. The largest absolute Gasteiger partial charge is 0.390 e. The highest BCUT2D eigenvalue weighted by Gasteiger charge is 2.20. The Bertz CT molecular complexity index is 285. The third kappa shape index (κ3) is 4.09. The molecule has 4 heteroatoms. The minimum absolute atomic E-state index is 0.604. The van der Waals surface area contributed by atoms with Crippen molar-refractivity contribution in [3.8, 4) is 0 Å². The first kappa shape index (κ1) is 12.2. The lowest BCUT2D eigenvalue weighted by Crippen LogP contribution is -2.30. The summed E-state index contributed by atoms with van der Waals surface area (Å²) in [5, 5.41) is 13.1. The molecule has 1 rings (SSSR count). The summed E-state index contributed by atoms with van der Waals surface area (Å²) in [7, 11) is 1.90. The van der Waals surface area contributed by atoms with Crippen molar-refractivity contribution in [2.24, 2.45) is 0 Å². The Labute approximate surface area is 97.5 Å². The van der Waals surface area contributed by atoms with Gasteiger partial charge < -0.3 is 10.4 Å². The zero-order valence-corrected chi connectivity index (χ0v) is 10.9. The molecule has 0 radical (unpaired) electrons. The van der Waals surface area contributed by atoms with Gasteiger partial charge >= 0.3 is 0 Å². The molecule has 0 aliphatic rings. The van der Waals surface area contributed by atoms with Gasteiger partial charge in [-0.2, -0.15) is 0 Å². The van der Waals surface area contributed by atoms with Crippen molar-refractivity contribution in [1.29, 1.82) is 0 Å². The topological polar surface area (TPSA) is 32.3 Å². The first-order valence-corrected chi connectivity index (χ1v) is 6.26. The van der Waals surface area contributed by atoms with Crippen LogP contribution in [0.1, 0.15) is 18.2 Å². The molecule has 1 aromatic rings. The molecular weight excluding hydrogens is 262 g/mol. The minimum Gasteiger partial charge on any atom is -0.390 e. The Morgan fingerprint density at radius 1 is 1.57 bits per heavy atom. The van der Waals surface area contributed by atoms with Crippen molar-refractivity contribution in [3.63, 3.8) is 0 Å². The fourth-order valence-electron chi connectivity index (χ4n) is 1.30. The Hall–Kier alpha value is 0.1000. The van der Waals surface area contributed by atoms with Crippen molar-refractivity contribution in [3.05, 3.63) is 20.8 Å². The van der Waals surface area contributed by atoms with Crippen LogP contribution in [0, 0.1) is 0 Å². The van der Waals surface area contributed by atoms with Gasteiger partial charge in [0.15, 0.2) is 0 Å². The Morgan fingerprint density at radius 3 is 2.79 bits per heavy atom. The Kier molecular flexibility index (Phi) is 4.57. The second-order valence-corrected chi connectivity index (χ2v) is 6.28. The lowest BCUT2D eigenvalue weighted by molar-refractivity contribution is 0.0528. The zero-order chi connectivity index (χ0) is 10.6. The first-order chi connectivity index (χ1) is 6.53. The van der Waals surface area contributed by atoms with Crippen molar-refractivity contribution in [1.82, 2.24) is 5.32 Å². The van der Waals surface area contributed by atoms with Gasteiger partial charge in [0.2, 0.25) is 0 Å². The molecule has 1 atom stereocenters. The predicted molar refractivity (Wildman–Crippen MR) is 64.9 cm³/mol. The molecule has 80 valence electrons. The van der Waals surface area contributed by atoms with Crippen LogP contribution in [0.4, 0.5) is 0 Å². The molecule has 0 fully saturated rings. The fraction of sp³-hybridized carbons (Fsp3) is 0.600. The first-order valence-electron chi connectivity index (χ1n) is 4.65. The van der Waals surface area contributed by atoms with E-state index in [1.807, 2.05) is 20.0 Å². The highest BCUT2D eigenvalue weighted by molar-refractivity contribution is 9.11. The number of hydrogen-bond acceptors (Lipinski definition) is 3. The molecule has 0 aliphatic heterocycles. The van der Waals surface area contributed by atoms with E-state index in [9.17, 15) is 5.11 Å². The normalized spacial score (nSPS) is 15.4. The van der Waals surface area contributed by atoms with E-state index in [0.29, 0.717) is 0 Å². The quantitative estimate of drug-likeness (QED) is 0.867. The lowest BCUT2D eigenvalue weighted by Gasteiger charge is -2.22. The third-order valence-electron chi connectivity index (χ3n) is 2.10. The number of rotatable bonds is 5. The number of hydrogen-bond donors (Lipinski definition) is 2. The molecule has 0 saturated heterocycles. The van der Waals surface area contributed by atoms with Gasteiger partial charge in [0.05, 0.1) is 9.39 Å². The van der Waals surface area contributed by atoms with Gasteiger partial charge in [0.25, 0.3) is 0 Å². The van der Waals surface area contributed by atoms with Crippen molar-refractivity contribution in [2.45, 2.75) is 25.4 Å². The molecule has 0 saturated carbocycles. The smallest absolute Gasteiger partial charge is 0.0701 e. The van der Waals surface area contributed by atoms with Gasteiger partial charge in [-0.25, -0.2) is 0 Å². The Morgan fingerprint density at radius 2 is 2.29 bits per heavy atom. The van der Waals surface area contributed by atoms with E-state index in [4.69, 9.17) is 0 Å². The number of thiophene rings is 1. The SMILES string of the molecule is CNCCC(C)(O)Cc1ccc(Br)s1. The second-order valence-electron chi connectivity index (χ2n) is 3.73. The van der Waals surface area contributed by atoms with Gasteiger partial charge in [-0.05, 0) is 55.0 Å². The minimum atomic E-state index is -0.604. The summed E-state index contributed by atoms with van der Waals surface area (Å²) in [5.41, 5.74) is -0.604. The summed E-state index contributed by atoms with van der Waals surface area (Å²) >= 11 is 5.10. The molecule has 1 heterocycles. The maximum Gasteiger partial charge on any atom is 0.0701 e. The Balaban J connectivity index is 2.49. The van der Waals surface area contributed by atoms with Crippen LogP contribution in [-0.2, 0) is 6.42 Å². The summed E-state index contributed by atoms with van der Waals surface area (Å²) in [6.45, 7) is 2.73. The summed E-state index contributed by atoms with van der Waals surface area (Å²) in [6.07, 6.45) is 1.50. The molecule has 1 unspecified atom stereocenters. The number of nitrogens with one attached hydrogen (secondary N) is 1. The fourth-order valence-corrected chi connectivity index (χ4v) is 2.97. The lowest BCUT2D eigenvalue weighted by atomic mass is 9.97. The highest BCUT2D eigenvalue weighted by atomic mass is 79.9. The van der Waals surface area contributed by atoms with Gasteiger partial charge in [0, 0.05) is 11.3 Å². The summed E-state index contributed by atoms with van der Waals surface area (Å²) < 4.78 is 1.12. The monoisotopic (exact) mass is 277 g/mol. The van der Waals surface area contributed by atoms with E-state index in [1.54, 1.807) is 11.3 Å². The van der Waals surface area contributed by atoms with Crippen molar-refractivity contribution < 1.29 is 5.11 Å². The van der Waals surface area contributed by atoms with Gasteiger partial charge in [-0.1, -0.05) is 0 Å². The third-order valence-corrected chi connectivity index (χ3v) is 3.72. The van der Waals surface area contributed by atoms with Crippen molar-refractivity contribution in [2.75, 3.05) is 13.6 Å². The van der Waals surface area contributed by atoms with Crippen LogP contribution >= 0.6 is 27.3 Å². The van der Waals surface area contributed by atoms with E-state index in [2.05, 4.69) is 27.3 Å². The van der Waals surface area contributed by atoms with Crippen LogP contribution in [-0.4, -0.2) is 24.3 Å². The molecule has 1 aromatic heterocycles. The molecule has 2 nitrogen and oxygen atoms in total. The average molecular weight is 278 g/mol. The molecule has 14 heavy (non-hydrogen) atoms. The maximum absolute atomic E-state index is 10.1. The van der Waals surface area contributed by atoms with E-state index < -0.39 is 5.60 Å². The van der Waals surface area contributed by atoms with Crippen LogP contribution in [0.2, 0.25) is 0 Å². The summed E-state index contributed by atoms with van der Waals surface area (Å²) in [4.78, 5) is 1.22. The molecular formula is C10H16BrNOS. The van der Waals surface area contributed by atoms with Crippen LogP contribution in [0.3, 0.4) is 0 Å². The van der Waals surface area contributed by atoms with Crippen molar-refractivity contribution >= 4 is 27.3 Å². The van der Waals surface area contributed by atoms with E-state index in [0.717, 1.165) is 23.2 Å². The van der Waals surface area contributed by atoms with Crippen LogP contribution in [0.5, 0.6) is 0 Å². The van der Waals surface area contributed by atoms with E-state index >= 15 is 0 Å². The molecule has 0 spiro atoms. The number of halogens is 1. The van der Waals surface area contributed by atoms with E-state index in [-0.39, 0.29) is 0 Å². The standard InChI is InChI=1S/C10H16BrNOS/c1-10(13,5-6-12-2)7-8-3-4-9(11)14-8/h3-4,12-13H,5-7H2,1-2H3. The maximum atomic E-state index is 10.1. The van der Waals surface area contributed by atoms with Crippen LogP contribution in [0.25, 0.3) is 0 Å². The highest BCUT2D eigenvalue weighted by Crippen LogP contribution is 2.26. The summed E-state index contributed by atoms with van der Waals surface area (Å²) in [5.74, 6) is 0. The molecule has 0 bridgehead atoms. The van der Waals surface area contributed by atoms with Gasteiger partial charge in [-0.15, -0.1) is 11.3 Å². The summed E-state index contributed by atoms with van der Waals surface area (Å²) in [6, 6.07) is 4.08. The van der Waals surface area contributed by atoms with Gasteiger partial charge in [0.1, 0.15) is 0 Å². The second kappa shape index (κ2) is 5.26. The van der Waals surface area contributed by atoms with E-state index in [1.165, 1.54) is 4.88 Å². The molecule has 0 aromatic carbocycles. The molecule has 2 N–H and O–H groups in total. The number of aliphatic hydroxyl groups is 1. The average Bonchev–Trinajstić information content (AvgIpc) is 2.47. The predicted octanol–water partition coefficient (Wildman–Crippen LogP) is 2.41. The van der Waals surface area contributed by atoms with Crippen LogP contribution < -0.4 is 5.32 Å². The zero-order valence-electron chi connectivity index (χ0n) is 8.51. The van der Waals surface area contributed by atoms with Gasteiger partial charge in [-0.3, -0.25) is 0 Å². The molecule has 0 amide bonds.